The molecular weight excluding hydrogens is 362 g/mol. The van der Waals surface area contributed by atoms with Crippen LogP contribution in [0.2, 0.25) is 0 Å². The van der Waals surface area contributed by atoms with E-state index in [9.17, 15) is 4.79 Å². The van der Waals surface area contributed by atoms with Gasteiger partial charge in [-0.1, -0.05) is 24.3 Å². The van der Waals surface area contributed by atoms with Crippen molar-refractivity contribution in [2.75, 3.05) is 5.73 Å². The molecule has 1 aromatic carbocycles. The lowest BCUT2D eigenvalue weighted by molar-refractivity contribution is 0.0950. The number of aromatic nitrogens is 3. The number of nitrogens with two attached hydrogens (primary N) is 1. The molecule has 3 rings (SSSR count). The summed E-state index contributed by atoms with van der Waals surface area (Å²) < 4.78 is 1.74. The zero-order valence-electron chi connectivity index (χ0n) is 15.4. The molecule has 0 atom stereocenters. The predicted octanol–water partition coefficient (Wildman–Crippen LogP) is 3.19. The second-order valence-electron chi connectivity index (χ2n) is 6.49. The van der Waals surface area contributed by atoms with E-state index in [0.29, 0.717) is 30.4 Å². The number of nitrogens with one attached hydrogen (secondary N) is 1. The van der Waals surface area contributed by atoms with E-state index in [1.165, 1.54) is 0 Å². The fourth-order valence-electron chi connectivity index (χ4n) is 2.91. The van der Waals surface area contributed by atoms with Crippen molar-refractivity contribution < 1.29 is 4.79 Å². The number of anilines is 1. The fraction of sp³-hybridized carbons (Fsp3) is 0.250. The summed E-state index contributed by atoms with van der Waals surface area (Å²) in [5, 5.41) is 7.20. The molecule has 0 fully saturated rings. The van der Waals surface area contributed by atoms with Gasteiger partial charge in [0.15, 0.2) is 0 Å². The Morgan fingerprint density at radius 1 is 1.22 bits per heavy atom. The molecule has 2 heterocycles. The van der Waals surface area contributed by atoms with Crippen LogP contribution in [-0.2, 0) is 19.0 Å². The van der Waals surface area contributed by atoms with Crippen LogP contribution >= 0.6 is 11.6 Å². The zero-order chi connectivity index (χ0) is 19.4. The molecule has 27 heavy (non-hydrogen) atoms. The fourth-order valence-corrected chi connectivity index (χ4v) is 3.09. The van der Waals surface area contributed by atoms with Crippen LogP contribution in [0, 0.1) is 13.8 Å². The van der Waals surface area contributed by atoms with Crippen LogP contribution in [0.25, 0.3) is 0 Å². The molecule has 1 amide bonds. The Morgan fingerprint density at radius 2 is 1.93 bits per heavy atom. The number of alkyl halides is 1. The molecule has 2 aromatic heterocycles. The average molecular weight is 384 g/mol. The maximum Gasteiger partial charge on any atom is 0.254 e. The van der Waals surface area contributed by atoms with Crippen LogP contribution in [0.15, 0.2) is 42.7 Å². The highest BCUT2D eigenvalue weighted by molar-refractivity contribution is 6.17. The molecule has 3 aromatic rings. The molecule has 140 valence electrons. The number of amides is 1. The third kappa shape index (κ3) is 4.65. The summed E-state index contributed by atoms with van der Waals surface area (Å²) in [7, 11) is 0. The maximum atomic E-state index is 12.4. The van der Waals surface area contributed by atoms with E-state index in [4.69, 9.17) is 17.3 Å². The van der Waals surface area contributed by atoms with Crippen molar-refractivity contribution in [2.45, 2.75) is 32.8 Å². The van der Waals surface area contributed by atoms with Crippen LogP contribution in [0.3, 0.4) is 0 Å². The van der Waals surface area contributed by atoms with Crippen LogP contribution in [0.4, 0.5) is 5.82 Å². The van der Waals surface area contributed by atoms with E-state index >= 15 is 0 Å². The number of nitrogen functional groups attached to an aromatic ring is 1. The van der Waals surface area contributed by atoms with Gasteiger partial charge in [-0.25, -0.2) is 4.98 Å². The zero-order valence-corrected chi connectivity index (χ0v) is 16.1. The average Bonchev–Trinajstić information content (AvgIpc) is 3.10. The Bertz CT molecular complexity index is 926. The third-order valence-electron chi connectivity index (χ3n) is 4.42. The number of carbonyl (C=O) groups is 1. The summed E-state index contributed by atoms with van der Waals surface area (Å²) in [6.45, 7) is 4.84. The monoisotopic (exact) mass is 383 g/mol. The highest BCUT2D eigenvalue weighted by atomic mass is 35.5. The second kappa shape index (κ2) is 8.22. The van der Waals surface area contributed by atoms with Crippen molar-refractivity contribution in [2.24, 2.45) is 0 Å². The normalized spacial score (nSPS) is 10.8. The van der Waals surface area contributed by atoms with Gasteiger partial charge in [-0.2, -0.15) is 5.10 Å². The van der Waals surface area contributed by atoms with Gasteiger partial charge >= 0.3 is 0 Å². The molecule has 0 saturated carbocycles. The Labute approximate surface area is 163 Å². The minimum atomic E-state index is -0.172. The van der Waals surface area contributed by atoms with Gasteiger partial charge in [0.2, 0.25) is 0 Å². The van der Waals surface area contributed by atoms with Gasteiger partial charge in [0, 0.05) is 24.3 Å². The van der Waals surface area contributed by atoms with E-state index in [1.54, 1.807) is 17.1 Å². The molecule has 0 spiro atoms. The predicted molar refractivity (Wildman–Crippen MR) is 107 cm³/mol. The van der Waals surface area contributed by atoms with E-state index in [0.717, 1.165) is 27.9 Å². The van der Waals surface area contributed by atoms with Gasteiger partial charge in [-0.15, -0.1) is 11.6 Å². The van der Waals surface area contributed by atoms with Gasteiger partial charge in [0.05, 0.1) is 18.3 Å². The topological polar surface area (TPSA) is 85.8 Å². The number of pyridine rings is 1. The first-order chi connectivity index (χ1) is 13.0. The molecular formula is C20H22ClN5O. The Morgan fingerprint density at radius 3 is 2.59 bits per heavy atom. The molecule has 7 heteroatoms. The summed E-state index contributed by atoms with van der Waals surface area (Å²) in [5.74, 6) is 0.810. The summed E-state index contributed by atoms with van der Waals surface area (Å²) in [6, 6.07) is 9.81. The lowest BCUT2D eigenvalue weighted by Gasteiger charge is -2.11. The number of nitrogens with zero attached hydrogens (tertiary/aromatic N) is 3. The highest BCUT2D eigenvalue weighted by Gasteiger charge is 2.11. The first-order valence-corrected chi connectivity index (χ1v) is 9.16. The number of aryl methyl sites for hydroxylation is 2. The van der Waals surface area contributed by atoms with Crippen molar-refractivity contribution in [3.63, 3.8) is 0 Å². The molecule has 0 aliphatic rings. The molecule has 0 saturated heterocycles. The van der Waals surface area contributed by atoms with Crippen LogP contribution in [0.5, 0.6) is 0 Å². The molecule has 0 bridgehead atoms. The minimum absolute atomic E-state index is 0.172. The SMILES string of the molecule is Cc1cc(N)nc(C)c1CNC(=O)c1cnn(Cc2ccc(CCl)cc2)c1. The van der Waals surface area contributed by atoms with Crippen LogP contribution in [-0.4, -0.2) is 20.7 Å². The van der Waals surface area contributed by atoms with Crippen molar-refractivity contribution in [1.29, 1.82) is 0 Å². The quantitative estimate of drug-likeness (QED) is 0.640. The Balaban J connectivity index is 1.63. The lowest BCUT2D eigenvalue weighted by Crippen LogP contribution is -2.23. The molecule has 3 N–H and O–H groups in total. The first-order valence-electron chi connectivity index (χ1n) is 8.63. The van der Waals surface area contributed by atoms with Crippen molar-refractivity contribution in [3.05, 3.63) is 76.2 Å². The van der Waals surface area contributed by atoms with Gasteiger partial charge in [0.25, 0.3) is 5.91 Å². The van der Waals surface area contributed by atoms with E-state index in [2.05, 4.69) is 15.4 Å². The van der Waals surface area contributed by atoms with Gasteiger partial charge in [-0.05, 0) is 42.2 Å². The largest absolute Gasteiger partial charge is 0.384 e. The molecule has 0 radical (unpaired) electrons. The molecule has 0 aliphatic carbocycles. The summed E-state index contributed by atoms with van der Waals surface area (Å²) in [5.41, 5.74) is 11.2. The number of hydrogen-bond acceptors (Lipinski definition) is 4. The van der Waals surface area contributed by atoms with Gasteiger partial charge in [0.1, 0.15) is 5.82 Å². The molecule has 0 aliphatic heterocycles. The third-order valence-corrected chi connectivity index (χ3v) is 4.73. The van der Waals surface area contributed by atoms with Gasteiger partial charge in [-0.3, -0.25) is 9.48 Å². The number of halogens is 1. The summed E-state index contributed by atoms with van der Waals surface area (Å²) >= 11 is 5.81. The summed E-state index contributed by atoms with van der Waals surface area (Å²) in [6.07, 6.45) is 3.31. The standard InChI is InChI=1S/C20H22ClN5O/c1-13-7-19(22)25-14(2)18(13)10-23-20(27)17-9-24-26(12-17)11-16-5-3-15(8-21)4-6-16/h3-7,9,12H,8,10-11H2,1-2H3,(H2,22,25)(H,23,27). The van der Waals surface area contributed by atoms with Crippen molar-refractivity contribution in [1.82, 2.24) is 20.1 Å². The number of carbonyl (C=O) groups excluding carboxylic acids is 1. The maximum absolute atomic E-state index is 12.4. The smallest absolute Gasteiger partial charge is 0.254 e. The van der Waals surface area contributed by atoms with Crippen molar-refractivity contribution >= 4 is 23.3 Å². The van der Waals surface area contributed by atoms with Crippen molar-refractivity contribution in [3.8, 4) is 0 Å². The lowest BCUT2D eigenvalue weighted by atomic mass is 10.1. The van der Waals surface area contributed by atoms with E-state index in [-0.39, 0.29) is 5.91 Å². The van der Waals surface area contributed by atoms with Crippen LogP contribution < -0.4 is 11.1 Å². The second-order valence-corrected chi connectivity index (χ2v) is 6.75. The Kier molecular flexibility index (Phi) is 5.76. The minimum Gasteiger partial charge on any atom is -0.384 e. The van der Waals surface area contributed by atoms with E-state index in [1.807, 2.05) is 44.2 Å². The number of benzene rings is 1. The molecule has 0 unspecified atom stereocenters. The first kappa shape index (κ1) is 18.9. The van der Waals surface area contributed by atoms with Crippen LogP contribution in [0.1, 0.15) is 38.3 Å². The summed E-state index contributed by atoms with van der Waals surface area (Å²) in [4.78, 5) is 16.7. The number of hydrogen-bond donors (Lipinski definition) is 2. The van der Waals surface area contributed by atoms with E-state index < -0.39 is 0 Å². The number of rotatable bonds is 6. The van der Waals surface area contributed by atoms with Gasteiger partial charge < -0.3 is 11.1 Å². The molecule has 6 nitrogen and oxygen atoms in total. The highest BCUT2D eigenvalue weighted by Crippen LogP contribution is 2.15. The Hall–Kier alpha value is -2.86.